The maximum Gasteiger partial charge on any atom is 0.260 e. The molecule has 7 nitrogen and oxygen atoms in total. The van der Waals surface area contributed by atoms with E-state index in [1.807, 2.05) is 111 Å². The number of hydrogen-bond acceptors (Lipinski definition) is 6. The molecule has 3 N–H and O–H groups in total. The zero-order chi connectivity index (χ0) is 38.0. The Kier molecular flexibility index (Phi) is 11.6. The van der Waals surface area contributed by atoms with E-state index in [1.165, 1.54) is 6.07 Å². The first-order valence-electron chi connectivity index (χ1n) is 18.2. The maximum absolute atomic E-state index is 16.5. The molecular weight excluding hydrogens is 716 g/mol. The number of halogens is 3. The molecule has 2 atom stereocenters. The van der Waals surface area contributed by atoms with E-state index < -0.39 is 48.3 Å². The van der Waals surface area contributed by atoms with Gasteiger partial charge in [-0.3, -0.25) is 14.2 Å². The second-order valence-electron chi connectivity index (χ2n) is 15.4. The van der Waals surface area contributed by atoms with Crippen LogP contribution in [0, 0.1) is 5.92 Å². The first-order valence-corrected chi connectivity index (χ1v) is 21.7. The third-order valence-corrected chi connectivity index (χ3v) is 16.6. The number of rotatable bonds is 15. The Balaban J connectivity index is 1.24. The molecule has 12 heteroatoms. The Labute approximate surface area is 312 Å². The van der Waals surface area contributed by atoms with Crippen molar-refractivity contribution in [1.29, 1.82) is 0 Å². The first kappa shape index (κ1) is 39.2. The van der Waals surface area contributed by atoms with Crippen LogP contribution in [0.4, 0.5) is 13.2 Å². The largest absolute Gasteiger partial charge is 0.492 e. The van der Waals surface area contributed by atoms with E-state index >= 15 is 8.78 Å². The summed E-state index contributed by atoms with van der Waals surface area (Å²) in [6.45, 7) is 7.43. The van der Waals surface area contributed by atoms with Crippen LogP contribution in [0.25, 0.3) is 0 Å². The summed E-state index contributed by atoms with van der Waals surface area (Å²) >= 11 is 0. The first-order chi connectivity index (χ1) is 25.1. The number of fused-ring (bicyclic) bond motifs is 1. The zero-order valence-corrected chi connectivity index (χ0v) is 32.4. The molecule has 6 rings (SSSR count). The van der Waals surface area contributed by atoms with Gasteiger partial charge in [-0.2, -0.15) is 0 Å². The normalized spacial score (nSPS) is 19.1. The minimum atomic E-state index is -3.96. The van der Waals surface area contributed by atoms with Crippen LogP contribution >= 0.6 is 0 Å². The molecule has 0 spiro atoms. The molecule has 4 aromatic rings. The highest BCUT2D eigenvalue weighted by molar-refractivity contribution is 7.89. The summed E-state index contributed by atoms with van der Waals surface area (Å²) in [4.78, 5) is 16.5. The van der Waals surface area contributed by atoms with Crippen LogP contribution in [0.5, 0.6) is 5.75 Å². The van der Waals surface area contributed by atoms with Crippen molar-refractivity contribution in [3.8, 4) is 5.75 Å². The monoisotopic (exact) mass is 765 g/mol. The summed E-state index contributed by atoms with van der Waals surface area (Å²) < 4.78 is 76.2. The number of ether oxygens (including phenoxy) is 1. The summed E-state index contributed by atoms with van der Waals surface area (Å²) in [6.07, 6.45) is 0.0238. The van der Waals surface area contributed by atoms with Crippen molar-refractivity contribution in [2.75, 3.05) is 39.5 Å². The van der Waals surface area contributed by atoms with Crippen molar-refractivity contribution < 1.29 is 31.1 Å². The van der Waals surface area contributed by atoms with Crippen LogP contribution < -0.4 is 20.2 Å². The number of benzene rings is 4. The van der Waals surface area contributed by atoms with Gasteiger partial charge in [-0.1, -0.05) is 92.7 Å². The molecule has 0 bridgehead atoms. The minimum absolute atomic E-state index is 0.0134. The second kappa shape index (κ2) is 15.7. The van der Waals surface area contributed by atoms with Crippen molar-refractivity contribution in [2.45, 2.75) is 68.0 Å². The fourth-order valence-corrected chi connectivity index (χ4v) is 12.3. The van der Waals surface area contributed by atoms with Crippen LogP contribution in [-0.2, 0) is 16.4 Å². The Hall–Kier alpha value is -3.52. The summed E-state index contributed by atoms with van der Waals surface area (Å²) in [5, 5.41) is 6.18. The molecule has 0 unspecified atom stereocenters. The summed E-state index contributed by atoms with van der Waals surface area (Å²) in [6, 6.07) is 30.0. The average molecular weight is 766 g/mol. The summed E-state index contributed by atoms with van der Waals surface area (Å²) in [7, 11) is -7.46. The number of hydrogen-bond donors (Lipinski definition) is 2. The van der Waals surface area contributed by atoms with Crippen LogP contribution in [0.15, 0.2) is 108 Å². The third kappa shape index (κ3) is 8.58. The van der Waals surface area contributed by atoms with Gasteiger partial charge in [-0.05, 0) is 76.1 Å². The van der Waals surface area contributed by atoms with Gasteiger partial charge in [-0.15, -0.1) is 0 Å². The third-order valence-electron chi connectivity index (χ3n) is 11.2. The van der Waals surface area contributed by atoms with Gasteiger partial charge in [-0.25, -0.2) is 22.3 Å². The number of likely N-dealkylation sites (tertiary alicyclic amines) is 1. The van der Waals surface area contributed by atoms with Gasteiger partial charge < -0.3 is 9.53 Å². The van der Waals surface area contributed by atoms with Gasteiger partial charge in [0, 0.05) is 38.0 Å². The molecule has 1 saturated heterocycles. The number of primary sulfonamides is 1. The van der Waals surface area contributed by atoms with Gasteiger partial charge in [0.2, 0.25) is 10.0 Å². The molecule has 2 aliphatic rings. The number of sulfonamides is 1. The minimum Gasteiger partial charge on any atom is -0.492 e. The van der Waals surface area contributed by atoms with Gasteiger partial charge in [0.15, 0.2) is 0 Å². The highest BCUT2D eigenvalue weighted by Crippen LogP contribution is 2.45. The number of nitrogens with two attached hydrogens (primary N) is 1. The van der Waals surface area contributed by atoms with Crippen molar-refractivity contribution in [1.82, 2.24) is 9.80 Å². The van der Waals surface area contributed by atoms with Gasteiger partial charge >= 0.3 is 0 Å². The Morgan fingerprint density at radius 1 is 0.906 bits per heavy atom. The van der Waals surface area contributed by atoms with E-state index in [-0.39, 0.29) is 30.0 Å². The van der Waals surface area contributed by atoms with Gasteiger partial charge in [0.25, 0.3) is 14.2 Å². The Morgan fingerprint density at radius 3 is 2.08 bits per heavy atom. The highest BCUT2D eigenvalue weighted by atomic mass is 32.2. The molecule has 0 aliphatic carbocycles. The molecular formula is C41H50F3N3O4SSi. The average Bonchev–Trinajstić information content (AvgIpc) is 3.12. The van der Waals surface area contributed by atoms with Crippen LogP contribution in [0.1, 0.15) is 56.3 Å². The fraction of sp³-hybridized carbons (Fsp3) is 0.415. The smallest absolute Gasteiger partial charge is 0.260 e. The van der Waals surface area contributed by atoms with Crippen LogP contribution in [0.2, 0.25) is 5.04 Å². The van der Waals surface area contributed by atoms with Crippen molar-refractivity contribution >= 4 is 28.7 Å². The summed E-state index contributed by atoms with van der Waals surface area (Å²) in [5.41, 5.74) is 2.27. The van der Waals surface area contributed by atoms with E-state index in [9.17, 15) is 17.6 Å². The van der Waals surface area contributed by atoms with Crippen molar-refractivity contribution in [2.24, 2.45) is 11.1 Å². The standard InChI is InChI=1S/C41H50F3N3O4SSi/c1-30-24-33-25-35(52(45,48)49)18-19-38(33)39(32-14-16-34(17-15-32)51-23-22-46-27-31(26-42)28-46)47(30)29-41(43,44)21-20-40(2,3)53(50,36-10-6-4-7-11-36)37-12-8-5-9-13-37/h4-19,25,30-31,39,50H,20-24,26-29H2,1-3H3,(H2,45,48,49)/t30-,39-/m1/s1. The highest BCUT2D eigenvalue weighted by Gasteiger charge is 2.51. The lowest BCUT2D eigenvalue weighted by Gasteiger charge is -2.45. The SMILES string of the molecule is C[C@@H]1Cc2cc(S(N)(=O)=O)ccc2[C@@H](c2ccc(OCCN3CC(CF)C3)cc2)N1CC(F)(F)CCC(C)(C)[Si](O)(c1ccccc1)c1ccccc1. The lowest BCUT2D eigenvalue weighted by atomic mass is 9.84. The molecule has 0 radical (unpaired) electrons. The van der Waals surface area contributed by atoms with Crippen LogP contribution in [0.3, 0.4) is 0 Å². The predicted molar refractivity (Wildman–Crippen MR) is 206 cm³/mol. The molecule has 2 aliphatic heterocycles. The molecule has 1 fully saturated rings. The topological polar surface area (TPSA) is 96.1 Å². The molecule has 0 aromatic heterocycles. The fourth-order valence-electron chi connectivity index (χ4n) is 8.01. The van der Waals surface area contributed by atoms with Gasteiger partial charge in [0.05, 0.1) is 24.2 Å². The lowest BCUT2D eigenvalue weighted by molar-refractivity contribution is -0.0606. The number of alkyl halides is 3. The molecule has 284 valence electrons. The quantitative estimate of drug-likeness (QED) is 0.147. The van der Waals surface area contributed by atoms with Crippen LogP contribution in [-0.4, -0.2) is 82.8 Å². The molecule has 53 heavy (non-hydrogen) atoms. The molecule has 0 saturated carbocycles. The lowest BCUT2D eigenvalue weighted by Crippen LogP contribution is -2.65. The Bertz CT molecular complexity index is 1910. The Morgan fingerprint density at radius 2 is 1.51 bits per heavy atom. The van der Waals surface area contributed by atoms with E-state index in [0.717, 1.165) is 40.2 Å². The van der Waals surface area contributed by atoms with E-state index in [1.54, 1.807) is 12.1 Å². The zero-order valence-electron chi connectivity index (χ0n) is 30.6. The van der Waals surface area contributed by atoms with E-state index in [4.69, 9.17) is 9.88 Å². The van der Waals surface area contributed by atoms with E-state index in [2.05, 4.69) is 4.90 Å². The maximum atomic E-state index is 16.5. The van der Waals surface area contributed by atoms with Gasteiger partial charge in [0.1, 0.15) is 12.4 Å². The van der Waals surface area contributed by atoms with E-state index in [0.29, 0.717) is 25.3 Å². The predicted octanol–water partition coefficient (Wildman–Crippen LogP) is 5.90. The van der Waals surface area contributed by atoms with Crippen molar-refractivity contribution in [3.63, 3.8) is 0 Å². The molecule has 4 aromatic carbocycles. The molecule has 0 amide bonds. The second-order valence-corrected chi connectivity index (χ2v) is 20.9. The number of nitrogens with zero attached hydrogens (tertiary/aromatic N) is 2. The molecule has 2 heterocycles. The summed E-state index contributed by atoms with van der Waals surface area (Å²) in [5.74, 6) is -2.38. The van der Waals surface area contributed by atoms with Crippen molar-refractivity contribution in [3.05, 3.63) is 120 Å².